The summed E-state index contributed by atoms with van der Waals surface area (Å²) in [5.41, 5.74) is 0. The number of ether oxygens (including phenoxy) is 3. The molecular weight excluding hydrogens is 781 g/mol. The highest BCUT2D eigenvalue weighted by molar-refractivity contribution is 5.71. The van der Waals surface area contributed by atoms with Gasteiger partial charge in [-0.05, 0) is 83.5 Å². The molecule has 0 aliphatic carbocycles. The van der Waals surface area contributed by atoms with E-state index in [1.807, 2.05) is 36.5 Å². The zero-order valence-corrected chi connectivity index (χ0v) is 40.5. The van der Waals surface area contributed by atoms with E-state index in [1.54, 1.807) is 0 Å². The number of allylic oxidation sites excluding steroid dienone is 18. The normalized spacial score (nSPS) is 13.0. The van der Waals surface area contributed by atoms with Crippen molar-refractivity contribution in [3.05, 3.63) is 109 Å². The summed E-state index contributed by atoms with van der Waals surface area (Å²) in [6.45, 7) is 6.31. The maximum atomic E-state index is 12.8. The Morgan fingerprint density at radius 2 is 0.698 bits per heavy atom. The van der Waals surface area contributed by atoms with E-state index in [9.17, 15) is 14.4 Å². The van der Waals surface area contributed by atoms with Crippen LogP contribution in [0.1, 0.15) is 213 Å². The molecule has 0 aliphatic rings. The molecule has 0 fully saturated rings. The molecule has 0 aliphatic heterocycles. The molecule has 0 aromatic heterocycles. The summed E-state index contributed by atoms with van der Waals surface area (Å²) in [6, 6.07) is 0. The van der Waals surface area contributed by atoms with Crippen molar-refractivity contribution in [1.29, 1.82) is 0 Å². The molecule has 0 N–H and O–H groups in total. The number of carbonyl (C=O) groups is 3. The lowest BCUT2D eigenvalue weighted by atomic mass is 10.0. The van der Waals surface area contributed by atoms with Gasteiger partial charge in [0, 0.05) is 19.3 Å². The molecule has 0 aromatic rings. The van der Waals surface area contributed by atoms with Gasteiger partial charge in [0.2, 0.25) is 0 Å². The van der Waals surface area contributed by atoms with Crippen molar-refractivity contribution >= 4 is 17.9 Å². The van der Waals surface area contributed by atoms with E-state index in [2.05, 4.69) is 93.7 Å². The summed E-state index contributed by atoms with van der Waals surface area (Å²) in [4.78, 5) is 37.9. The van der Waals surface area contributed by atoms with Crippen LogP contribution in [0.4, 0.5) is 0 Å². The average molecular weight is 873 g/mol. The van der Waals surface area contributed by atoms with Gasteiger partial charge in [-0.2, -0.15) is 0 Å². The van der Waals surface area contributed by atoms with E-state index >= 15 is 0 Å². The fourth-order valence-corrected chi connectivity index (χ4v) is 6.60. The third kappa shape index (κ3) is 49.0. The van der Waals surface area contributed by atoms with E-state index in [4.69, 9.17) is 14.2 Å². The van der Waals surface area contributed by atoms with E-state index in [-0.39, 0.29) is 37.5 Å². The maximum absolute atomic E-state index is 12.8. The summed E-state index contributed by atoms with van der Waals surface area (Å²) in [5, 5.41) is 0. The molecule has 0 spiro atoms. The molecule has 63 heavy (non-hydrogen) atoms. The van der Waals surface area contributed by atoms with Crippen LogP contribution >= 0.6 is 0 Å². The SMILES string of the molecule is CC/C=C/C=C/C=C/C=C/CCCCCC(=O)OC(COC(=O)CCCCC/C=C/C/C=C/C/C=C/C/C=C/C/C=C/CC)COC(=O)CCCCCCCCCCCCCCC. The number of carbonyl (C=O) groups excluding carboxylic acids is 3. The van der Waals surface area contributed by atoms with Gasteiger partial charge in [0.15, 0.2) is 6.10 Å². The Hall–Kier alpha value is -3.93. The van der Waals surface area contributed by atoms with Gasteiger partial charge in [-0.15, -0.1) is 0 Å². The summed E-state index contributed by atoms with van der Waals surface area (Å²) in [5.74, 6) is -0.984. The molecule has 1 atom stereocenters. The van der Waals surface area contributed by atoms with Gasteiger partial charge in [0.25, 0.3) is 0 Å². The molecule has 6 nitrogen and oxygen atoms in total. The van der Waals surface area contributed by atoms with Crippen molar-refractivity contribution in [1.82, 2.24) is 0 Å². The van der Waals surface area contributed by atoms with Gasteiger partial charge >= 0.3 is 17.9 Å². The van der Waals surface area contributed by atoms with Crippen LogP contribution in [0.3, 0.4) is 0 Å². The highest BCUT2D eigenvalue weighted by atomic mass is 16.6. The van der Waals surface area contributed by atoms with E-state index in [0.29, 0.717) is 19.3 Å². The molecule has 0 heterocycles. The van der Waals surface area contributed by atoms with E-state index < -0.39 is 6.10 Å². The first-order valence-corrected chi connectivity index (χ1v) is 25.4. The van der Waals surface area contributed by atoms with Crippen LogP contribution in [-0.4, -0.2) is 37.2 Å². The number of unbranched alkanes of at least 4 members (excludes halogenated alkanes) is 18. The summed E-state index contributed by atoms with van der Waals surface area (Å²) in [7, 11) is 0. The molecule has 6 heteroatoms. The molecule has 1 unspecified atom stereocenters. The quantitative estimate of drug-likeness (QED) is 0.0199. The molecular formula is C57H92O6. The Labute approximate surface area is 387 Å². The van der Waals surface area contributed by atoms with Crippen molar-refractivity contribution < 1.29 is 28.6 Å². The number of esters is 3. The lowest BCUT2D eigenvalue weighted by molar-refractivity contribution is -0.167. The van der Waals surface area contributed by atoms with Crippen LogP contribution in [0.2, 0.25) is 0 Å². The van der Waals surface area contributed by atoms with Crippen LogP contribution in [0.15, 0.2) is 109 Å². The van der Waals surface area contributed by atoms with Crippen LogP contribution in [0, 0.1) is 0 Å². The lowest BCUT2D eigenvalue weighted by Crippen LogP contribution is -2.30. The monoisotopic (exact) mass is 873 g/mol. The van der Waals surface area contributed by atoms with Crippen molar-refractivity contribution in [3.8, 4) is 0 Å². The Balaban J connectivity index is 4.49. The molecule has 356 valence electrons. The van der Waals surface area contributed by atoms with Crippen LogP contribution in [0.25, 0.3) is 0 Å². The van der Waals surface area contributed by atoms with E-state index in [0.717, 1.165) is 103 Å². The molecule has 0 rings (SSSR count). The average Bonchev–Trinajstić information content (AvgIpc) is 3.28. The predicted molar refractivity (Wildman–Crippen MR) is 270 cm³/mol. The fraction of sp³-hybridized carbons (Fsp3) is 0.632. The van der Waals surface area contributed by atoms with Gasteiger partial charge in [-0.3, -0.25) is 14.4 Å². The molecule has 0 bridgehead atoms. The van der Waals surface area contributed by atoms with Crippen LogP contribution < -0.4 is 0 Å². The number of hydrogen-bond donors (Lipinski definition) is 0. The smallest absolute Gasteiger partial charge is 0.306 e. The van der Waals surface area contributed by atoms with Gasteiger partial charge in [-0.25, -0.2) is 0 Å². The van der Waals surface area contributed by atoms with Gasteiger partial charge in [0.1, 0.15) is 13.2 Å². The second-order valence-corrected chi connectivity index (χ2v) is 16.4. The first-order chi connectivity index (χ1) is 31.0. The third-order valence-electron chi connectivity index (χ3n) is 10.4. The van der Waals surface area contributed by atoms with Crippen LogP contribution in [-0.2, 0) is 28.6 Å². The maximum Gasteiger partial charge on any atom is 0.306 e. The Morgan fingerprint density at radius 1 is 0.349 bits per heavy atom. The Bertz CT molecular complexity index is 1330. The summed E-state index contributed by atoms with van der Waals surface area (Å²) >= 11 is 0. The van der Waals surface area contributed by atoms with Gasteiger partial charge in [-0.1, -0.05) is 220 Å². The molecule has 0 radical (unpaired) electrons. The second kappa shape index (κ2) is 50.7. The van der Waals surface area contributed by atoms with Gasteiger partial charge in [0.05, 0.1) is 0 Å². The summed E-state index contributed by atoms with van der Waals surface area (Å²) < 4.78 is 16.7. The van der Waals surface area contributed by atoms with Crippen LogP contribution in [0.5, 0.6) is 0 Å². The fourth-order valence-electron chi connectivity index (χ4n) is 6.60. The van der Waals surface area contributed by atoms with Gasteiger partial charge < -0.3 is 14.2 Å². The third-order valence-corrected chi connectivity index (χ3v) is 10.4. The molecule has 0 saturated heterocycles. The first-order valence-electron chi connectivity index (χ1n) is 25.4. The topological polar surface area (TPSA) is 78.9 Å². The highest BCUT2D eigenvalue weighted by Crippen LogP contribution is 2.14. The molecule has 0 amide bonds. The number of hydrogen-bond acceptors (Lipinski definition) is 6. The largest absolute Gasteiger partial charge is 0.462 e. The van der Waals surface area contributed by atoms with Crippen molar-refractivity contribution in [3.63, 3.8) is 0 Å². The minimum Gasteiger partial charge on any atom is -0.462 e. The molecule has 0 saturated carbocycles. The molecule has 0 aromatic carbocycles. The highest BCUT2D eigenvalue weighted by Gasteiger charge is 2.19. The second-order valence-electron chi connectivity index (χ2n) is 16.4. The zero-order chi connectivity index (χ0) is 45.8. The van der Waals surface area contributed by atoms with Crippen molar-refractivity contribution in [2.24, 2.45) is 0 Å². The number of rotatable bonds is 44. The van der Waals surface area contributed by atoms with Crippen molar-refractivity contribution in [2.75, 3.05) is 13.2 Å². The predicted octanol–water partition coefficient (Wildman–Crippen LogP) is 16.8. The minimum absolute atomic E-state index is 0.105. The Morgan fingerprint density at radius 3 is 1.16 bits per heavy atom. The minimum atomic E-state index is -0.811. The Kier molecular flexibility index (Phi) is 47.5. The first kappa shape index (κ1) is 59.1. The van der Waals surface area contributed by atoms with Crippen molar-refractivity contribution in [2.45, 2.75) is 219 Å². The zero-order valence-electron chi connectivity index (χ0n) is 40.5. The standard InChI is InChI=1S/C57H92O6/c1-4-7-10-13-16-19-22-25-26-27-28-29-30-33-35-38-41-44-47-50-56(59)62-53-54(63-57(60)51-48-45-42-39-36-32-24-21-18-15-12-9-6-3)52-61-55(58)49-46-43-40-37-34-31-23-20-17-14-11-8-5-2/h7,9-10,12,15-16,18-19,21,24-26,28-29,32-33,35-36,54H,4-6,8,11,13-14,17,20,22-23,27,30-31,34,37-53H2,1-3H3/b10-7+,12-9+,18-15+,19-16+,24-21+,26-25+,29-28+,35-33+,36-32+. The lowest BCUT2D eigenvalue weighted by Gasteiger charge is -2.18. The summed E-state index contributed by atoms with van der Waals surface area (Å²) in [6.07, 6.45) is 67.9. The van der Waals surface area contributed by atoms with E-state index in [1.165, 1.54) is 64.2 Å².